The van der Waals surface area contributed by atoms with Gasteiger partial charge in [-0.25, -0.2) is 4.79 Å². The minimum atomic E-state index is -0.571. The third kappa shape index (κ3) is 1.17. The fourth-order valence-corrected chi connectivity index (χ4v) is 2.02. The van der Waals surface area contributed by atoms with Gasteiger partial charge in [-0.2, -0.15) is 0 Å². The molecule has 0 fully saturated rings. The van der Waals surface area contributed by atoms with E-state index in [0.29, 0.717) is 21.6 Å². The number of carbonyl (C=O) groups is 1. The van der Waals surface area contributed by atoms with Crippen LogP contribution in [0.15, 0.2) is 23.0 Å². The lowest BCUT2D eigenvalue weighted by Crippen LogP contribution is -2.14. The minimum Gasteiger partial charge on any atom is -0.455 e. The van der Waals surface area contributed by atoms with Gasteiger partial charge in [0.2, 0.25) is 5.43 Å². The summed E-state index contributed by atoms with van der Waals surface area (Å²) < 4.78 is 4.80. The molecule has 0 saturated heterocycles. The van der Waals surface area contributed by atoms with Gasteiger partial charge < -0.3 is 9.72 Å². The molecule has 0 aliphatic carbocycles. The van der Waals surface area contributed by atoms with Crippen LogP contribution in [-0.4, -0.2) is 11.0 Å². The van der Waals surface area contributed by atoms with Crippen molar-refractivity contribution in [1.82, 2.24) is 4.98 Å². The number of benzene rings is 1. The molecule has 0 amide bonds. The number of fused-ring (bicyclic) bond motifs is 2. The number of esters is 1. The molecule has 1 aliphatic heterocycles. The molecule has 1 aromatic heterocycles. The Kier molecular flexibility index (Phi) is 1.82. The molecule has 0 atom stereocenters. The highest BCUT2D eigenvalue weighted by Gasteiger charge is 2.26. The highest BCUT2D eigenvalue weighted by molar-refractivity contribution is 6.31. The van der Waals surface area contributed by atoms with Crippen molar-refractivity contribution < 1.29 is 9.53 Å². The minimum absolute atomic E-state index is 0.0924. The van der Waals surface area contributed by atoms with Crippen LogP contribution in [0, 0.1) is 0 Å². The Balaban J connectivity index is 2.49. The molecular weight excluding hydrogens is 230 g/mol. The molecule has 0 bridgehead atoms. The lowest BCUT2D eigenvalue weighted by Gasteiger charge is -2.00. The zero-order valence-electron chi connectivity index (χ0n) is 8.04. The monoisotopic (exact) mass is 235 g/mol. The van der Waals surface area contributed by atoms with Crippen molar-refractivity contribution >= 4 is 28.5 Å². The van der Waals surface area contributed by atoms with Crippen LogP contribution in [-0.2, 0) is 11.3 Å². The van der Waals surface area contributed by atoms with Crippen LogP contribution in [0.4, 0.5) is 0 Å². The summed E-state index contributed by atoms with van der Waals surface area (Å²) >= 11 is 5.81. The second kappa shape index (κ2) is 3.09. The number of halogens is 1. The van der Waals surface area contributed by atoms with Crippen molar-refractivity contribution in [3.63, 3.8) is 0 Å². The number of carbonyl (C=O) groups excluding carboxylic acids is 1. The van der Waals surface area contributed by atoms with Gasteiger partial charge in [-0.3, -0.25) is 4.79 Å². The molecule has 5 heteroatoms. The molecule has 2 aromatic rings. The third-order valence-corrected chi connectivity index (χ3v) is 2.83. The summed E-state index contributed by atoms with van der Waals surface area (Å²) in [6.45, 7) is 0.127. The first-order chi connectivity index (χ1) is 7.66. The number of nitrogens with one attached hydrogen (secondary N) is 1. The molecule has 1 aromatic carbocycles. The van der Waals surface area contributed by atoms with Crippen molar-refractivity contribution in [2.24, 2.45) is 0 Å². The highest BCUT2D eigenvalue weighted by atomic mass is 35.5. The highest BCUT2D eigenvalue weighted by Crippen LogP contribution is 2.20. The summed E-state index contributed by atoms with van der Waals surface area (Å²) in [5.41, 5.74) is 0.958. The first-order valence-electron chi connectivity index (χ1n) is 4.68. The average molecular weight is 236 g/mol. The van der Waals surface area contributed by atoms with E-state index in [9.17, 15) is 9.59 Å². The predicted molar refractivity (Wildman–Crippen MR) is 58.7 cm³/mol. The number of cyclic esters (lactones) is 1. The molecular formula is C11H6ClNO3. The number of ether oxygens (including phenoxy) is 1. The van der Waals surface area contributed by atoms with Gasteiger partial charge in [-0.1, -0.05) is 11.6 Å². The molecule has 16 heavy (non-hydrogen) atoms. The van der Waals surface area contributed by atoms with Crippen LogP contribution >= 0.6 is 11.6 Å². The molecule has 2 heterocycles. The van der Waals surface area contributed by atoms with Crippen LogP contribution in [0.5, 0.6) is 0 Å². The van der Waals surface area contributed by atoms with Gasteiger partial charge in [0.05, 0.1) is 5.69 Å². The Hall–Kier alpha value is -1.81. The second-order valence-corrected chi connectivity index (χ2v) is 4.01. The Labute approximate surface area is 94.8 Å². The van der Waals surface area contributed by atoms with E-state index in [2.05, 4.69) is 4.98 Å². The number of rotatable bonds is 0. The van der Waals surface area contributed by atoms with E-state index in [-0.39, 0.29) is 17.6 Å². The van der Waals surface area contributed by atoms with Crippen molar-refractivity contribution in [2.45, 2.75) is 6.61 Å². The van der Waals surface area contributed by atoms with Crippen LogP contribution in [0.25, 0.3) is 10.9 Å². The fraction of sp³-hybridized carbons (Fsp3) is 0.0909. The van der Waals surface area contributed by atoms with Gasteiger partial charge >= 0.3 is 5.97 Å². The van der Waals surface area contributed by atoms with E-state index < -0.39 is 5.97 Å². The lowest BCUT2D eigenvalue weighted by molar-refractivity contribution is 0.0532. The number of H-pyrrole nitrogens is 1. The molecule has 0 saturated carbocycles. The molecule has 3 rings (SSSR count). The summed E-state index contributed by atoms with van der Waals surface area (Å²) in [5, 5.41) is 0.870. The standard InChI is InChI=1S/C11H6ClNO3/c12-5-1-2-7-6(3-5)10(14)9-8(13-7)4-16-11(9)15/h1-3H,4H2,(H,13,14). The van der Waals surface area contributed by atoms with Gasteiger partial charge in [-0.05, 0) is 18.2 Å². The van der Waals surface area contributed by atoms with Gasteiger partial charge in [-0.15, -0.1) is 0 Å². The average Bonchev–Trinajstić information content (AvgIpc) is 2.62. The van der Waals surface area contributed by atoms with E-state index in [4.69, 9.17) is 16.3 Å². The summed E-state index contributed by atoms with van der Waals surface area (Å²) in [7, 11) is 0. The van der Waals surface area contributed by atoms with Crippen molar-refractivity contribution in [1.29, 1.82) is 0 Å². The Morgan fingerprint density at radius 3 is 2.94 bits per heavy atom. The molecule has 80 valence electrons. The van der Waals surface area contributed by atoms with Crippen LogP contribution in [0.1, 0.15) is 16.1 Å². The fourth-order valence-electron chi connectivity index (χ4n) is 1.84. The Morgan fingerprint density at radius 1 is 1.31 bits per heavy atom. The molecule has 0 radical (unpaired) electrons. The normalized spacial score (nSPS) is 13.9. The van der Waals surface area contributed by atoms with E-state index in [0.717, 1.165) is 0 Å². The van der Waals surface area contributed by atoms with E-state index in [1.54, 1.807) is 18.2 Å². The molecule has 1 aliphatic rings. The van der Waals surface area contributed by atoms with Crippen LogP contribution in [0.2, 0.25) is 5.02 Å². The van der Waals surface area contributed by atoms with E-state index >= 15 is 0 Å². The first kappa shape index (κ1) is 9.42. The van der Waals surface area contributed by atoms with Crippen molar-refractivity contribution in [3.05, 3.63) is 44.7 Å². The summed E-state index contributed by atoms with van der Waals surface area (Å²) in [6.07, 6.45) is 0. The number of hydrogen-bond acceptors (Lipinski definition) is 3. The summed E-state index contributed by atoms with van der Waals surface area (Å²) in [6, 6.07) is 4.94. The topological polar surface area (TPSA) is 59.2 Å². The van der Waals surface area contributed by atoms with Crippen LogP contribution < -0.4 is 5.43 Å². The summed E-state index contributed by atoms with van der Waals surface area (Å²) in [5.74, 6) is -0.571. The van der Waals surface area contributed by atoms with Crippen molar-refractivity contribution in [3.8, 4) is 0 Å². The number of hydrogen-bond donors (Lipinski definition) is 1. The van der Waals surface area contributed by atoms with E-state index in [1.165, 1.54) is 0 Å². The first-order valence-corrected chi connectivity index (χ1v) is 5.06. The second-order valence-electron chi connectivity index (χ2n) is 3.57. The number of aromatic amines is 1. The van der Waals surface area contributed by atoms with E-state index in [1.807, 2.05) is 0 Å². The van der Waals surface area contributed by atoms with Gasteiger partial charge in [0.15, 0.2) is 0 Å². The van der Waals surface area contributed by atoms with Gasteiger partial charge in [0, 0.05) is 15.9 Å². The Morgan fingerprint density at radius 2 is 2.12 bits per heavy atom. The van der Waals surface area contributed by atoms with Crippen molar-refractivity contribution in [2.75, 3.05) is 0 Å². The molecule has 4 nitrogen and oxygen atoms in total. The van der Waals surface area contributed by atoms with Gasteiger partial charge in [0.1, 0.15) is 12.2 Å². The largest absolute Gasteiger partial charge is 0.455 e. The zero-order valence-corrected chi connectivity index (χ0v) is 8.80. The maximum absolute atomic E-state index is 12.0. The zero-order chi connectivity index (χ0) is 11.3. The lowest BCUT2D eigenvalue weighted by atomic mass is 10.1. The van der Waals surface area contributed by atoms with Gasteiger partial charge in [0.25, 0.3) is 0 Å². The SMILES string of the molecule is O=C1OCc2[nH]c3ccc(Cl)cc3c(=O)c21. The maximum Gasteiger partial charge on any atom is 0.344 e. The third-order valence-electron chi connectivity index (χ3n) is 2.59. The molecule has 1 N–H and O–H groups in total. The maximum atomic E-state index is 12.0. The number of aromatic nitrogens is 1. The molecule has 0 unspecified atom stereocenters. The summed E-state index contributed by atoms with van der Waals surface area (Å²) in [4.78, 5) is 26.3. The Bertz CT molecular complexity index is 675. The quantitative estimate of drug-likeness (QED) is 0.709. The smallest absolute Gasteiger partial charge is 0.344 e. The number of pyridine rings is 1. The van der Waals surface area contributed by atoms with Crippen LogP contribution in [0.3, 0.4) is 0 Å². The predicted octanol–water partition coefficient (Wildman–Crippen LogP) is 1.85. The molecule has 0 spiro atoms.